The molecule has 102 valence electrons. The molecule has 1 rings (SSSR count). The molecule has 1 aromatic heterocycles. The molecule has 0 aliphatic carbocycles. The van der Waals surface area contributed by atoms with Crippen LogP contribution in [0.3, 0.4) is 0 Å². The lowest BCUT2D eigenvalue weighted by Crippen LogP contribution is -2.26. The van der Waals surface area contributed by atoms with Crippen molar-refractivity contribution in [2.75, 3.05) is 45.0 Å². The minimum Gasteiger partial charge on any atom is -0.476 e. The van der Waals surface area contributed by atoms with Crippen LogP contribution in [0.1, 0.15) is 6.92 Å². The first-order valence-electron chi connectivity index (χ1n) is 5.86. The van der Waals surface area contributed by atoms with E-state index in [0.29, 0.717) is 37.1 Å². The first-order chi connectivity index (χ1) is 8.71. The van der Waals surface area contributed by atoms with Gasteiger partial charge in [0.2, 0.25) is 5.88 Å². The number of aromatic nitrogens is 1. The van der Waals surface area contributed by atoms with Crippen LogP contribution in [0, 0.1) is 0 Å². The van der Waals surface area contributed by atoms with Crippen LogP contribution < -0.4 is 15.8 Å². The normalized spacial score (nSPS) is 12.2. The molecular formula is C12H21N3O3. The molecule has 1 unspecified atom stereocenters. The van der Waals surface area contributed by atoms with E-state index in [2.05, 4.69) is 10.3 Å². The van der Waals surface area contributed by atoms with Gasteiger partial charge in [-0.05, 0) is 19.1 Å². The monoisotopic (exact) mass is 255 g/mol. The molecule has 1 heterocycles. The Morgan fingerprint density at radius 2 is 2.17 bits per heavy atom. The third kappa shape index (κ3) is 4.38. The number of pyridine rings is 1. The molecule has 6 heteroatoms. The fraction of sp³-hybridized carbons (Fsp3) is 0.583. The maximum atomic E-state index is 5.75. The fourth-order valence-corrected chi connectivity index (χ4v) is 1.42. The predicted octanol–water partition coefficient (Wildman–Crippen LogP) is 1.14. The highest BCUT2D eigenvalue weighted by Gasteiger charge is 2.08. The highest BCUT2D eigenvalue weighted by Crippen LogP contribution is 2.20. The molecule has 3 N–H and O–H groups in total. The van der Waals surface area contributed by atoms with E-state index in [9.17, 15) is 0 Å². The Hall–Kier alpha value is -1.53. The van der Waals surface area contributed by atoms with Crippen molar-refractivity contribution in [1.29, 1.82) is 0 Å². The van der Waals surface area contributed by atoms with Crippen molar-refractivity contribution in [2.45, 2.75) is 13.0 Å². The van der Waals surface area contributed by atoms with Gasteiger partial charge in [-0.25, -0.2) is 0 Å². The second-order valence-electron chi connectivity index (χ2n) is 3.72. The van der Waals surface area contributed by atoms with Crippen LogP contribution in [0.5, 0.6) is 5.88 Å². The largest absolute Gasteiger partial charge is 0.476 e. The zero-order chi connectivity index (χ0) is 13.4. The van der Waals surface area contributed by atoms with Crippen LogP contribution in [-0.4, -0.2) is 45.1 Å². The predicted molar refractivity (Wildman–Crippen MR) is 71.0 cm³/mol. The van der Waals surface area contributed by atoms with Crippen molar-refractivity contribution in [2.24, 2.45) is 0 Å². The van der Waals surface area contributed by atoms with Gasteiger partial charge in [0.25, 0.3) is 0 Å². The maximum Gasteiger partial charge on any atom is 0.239 e. The molecular weight excluding hydrogens is 234 g/mol. The second-order valence-corrected chi connectivity index (χ2v) is 3.72. The SMILES string of the molecule is CCOc1nc(NCC(COC)OC)ccc1N. The number of nitrogens with one attached hydrogen (secondary N) is 1. The summed E-state index contributed by atoms with van der Waals surface area (Å²) in [7, 11) is 3.29. The third-order valence-corrected chi connectivity index (χ3v) is 2.37. The summed E-state index contributed by atoms with van der Waals surface area (Å²) in [4.78, 5) is 4.27. The van der Waals surface area contributed by atoms with Crippen molar-refractivity contribution in [3.05, 3.63) is 12.1 Å². The molecule has 18 heavy (non-hydrogen) atoms. The van der Waals surface area contributed by atoms with Crippen LogP contribution in [-0.2, 0) is 9.47 Å². The lowest BCUT2D eigenvalue weighted by molar-refractivity contribution is 0.0365. The van der Waals surface area contributed by atoms with Gasteiger partial charge in [0.05, 0.1) is 25.0 Å². The second kappa shape index (κ2) is 7.73. The van der Waals surface area contributed by atoms with Crippen molar-refractivity contribution >= 4 is 11.5 Å². The Labute approximate surface area is 107 Å². The molecule has 0 aromatic carbocycles. The summed E-state index contributed by atoms with van der Waals surface area (Å²) in [6, 6.07) is 3.57. The zero-order valence-corrected chi connectivity index (χ0v) is 11.1. The number of hydrogen-bond donors (Lipinski definition) is 2. The Morgan fingerprint density at radius 3 is 2.78 bits per heavy atom. The van der Waals surface area contributed by atoms with Gasteiger partial charge in [0.15, 0.2) is 0 Å². The lowest BCUT2D eigenvalue weighted by Gasteiger charge is -2.16. The number of nitrogens with two attached hydrogens (primary N) is 1. The molecule has 0 saturated carbocycles. The summed E-state index contributed by atoms with van der Waals surface area (Å²) in [5.74, 6) is 1.15. The average molecular weight is 255 g/mol. The number of rotatable bonds is 8. The number of nitrogen functional groups attached to an aromatic ring is 1. The third-order valence-electron chi connectivity index (χ3n) is 2.37. The van der Waals surface area contributed by atoms with E-state index in [1.165, 1.54) is 0 Å². The molecule has 0 fully saturated rings. The first-order valence-corrected chi connectivity index (χ1v) is 5.86. The summed E-state index contributed by atoms with van der Waals surface area (Å²) in [5.41, 5.74) is 6.28. The number of nitrogens with zero attached hydrogens (tertiary/aromatic N) is 1. The van der Waals surface area contributed by atoms with Gasteiger partial charge in [0.1, 0.15) is 5.82 Å². The fourth-order valence-electron chi connectivity index (χ4n) is 1.42. The van der Waals surface area contributed by atoms with Crippen molar-refractivity contribution in [3.8, 4) is 5.88 Å². The van der Waals surface area contributed by atoms with E-state index in [0.717, 1.165) is 0 Å². The summed E-state index contributed by atoms with van der Waals surface area (Å²) >= 11 is 0. The summed E-state index contributed by atoms with van der Waals surface area (Å²) in [5, 5.41) is 3.15. The highest BCUT2D eigenvalue weighted by atomic mass is 16.5. The van der Waals surface area contributed by atoms with Gasteiger partial charge < -0.3 is 25.3 Å². The van der Waals surface area contributed by atoms with Crippen molar-refractivity contribution in [1.82, 2.24) is 4.98 Å². The van der Waals surface area contributed by atoms with E-state index in [4.69, 9.17) is 19.9 Å². The van der Waals surface area contributed by atoms with Gasteiger partial charge in [-0.3, -0.25) is 0 Å². The molecule has 1 atom stereocenters. The highest BCUT2D eigenvalue weighted by molar-refractivity contribution is 5.53. The maximum absolute atomic E-state index is 5.75. The van der Waals surface area contributed by atoms with Crippen LogP contribution in [0.2, 0.25) is 0 Å². The summed E-state index contributed by atoms with van der Waals surface area (Å²) < 4.78 is 15.6. The molecule has 0 radical (unpaired) electrons. The van der Waals surface area contributed by atoms with Crippen LogP contribution >= 0.6 is 0 Å². The smallest absolute Gasteiger partial charge is 0.239 e. The molecule has 0 bridgehead atoms. The van der Waals surface area contributed by atoms with Gasteiger partial charge in [-0.2, -0.15) is 4.98 Å². The van der Waals surface area contributed by atoms with E-state index in [1.54, 1.807) is 26.4 Å². The quantitative estimate of drug-likeness (QED) is 0.725. The van der Waals surface area contributed by atoms with Crippen LogP contribution in [0.4, 0.5) is 11.5 Å². The Morgan fingerprint density at radius 1 is 1.39 bits per heavy atom. The number of ether oxygens (including phenoxy) is 3. The van der Waals surface area contributed by atoms with E-state index >= 15 is 0 Å². The van der Waals surface area contributed by atoms with Gasteiger partial charge in [-0.15, -0.1) is 0 Å². The molecule has 0 aliphatic heterocycles. The topological polar surface area (TPSA) is 78.6 Å². The van der Waals surface area contributed by atoms with E-state index in [1.807, 2.05) is 6.92 Å². The summed E-state index contributed by atoms with van der Waals surface area (Å²) in [6.07, 6.45) is -0.0232. The van der Waals surface area contributed by atoms with Gasteiger partial charge >= 0.3 is 0 Å². The molecule has 6 nitrogen and oxygen atoms in total. The van der Waals surface area contributed by atoms with Crippen molar-refractivity contribution in [3.63, 3.8) is 0 Å². The average Bonchev–Trinajstić information content (AvgIpc) is 2.38. The molecule has 0 amide bonds. The Bertz CT molecular complexity index is 360. The molecule has 0 spiro atoms. The Balaban J connectivity index is 2.58. The molecule has 0 saturated heterocycles. The first kappa shape index (κ1) is 14.5. The van der Waals surface area contributed by atoms with Crippen LogP contribution in [0.25, 0.3) is 0 Å². The minimum absolute atomic E-state index is 0.0232. The van der Waals surface area contributed by atoms with Crippen LogP contribution in [0.15, 0.2) is 12.1 Å². The van der Waals surface area contributed by atoms with E-state index < -0.39 is 0 Å². The van der Waals surface area contributed by atoms with Gasteiger partial charge in [-0.1, -0.05) is 0 Å². The van der Waals surface area contributed by atoms with Gasteiger partial charge in [0, 0.05) is 20.8 Å². The number of methoxy groups -OCH3 is 2. The lowest BCUT2D eigenvalue weighted by atomic mass is 10.3. The standard InChI is InChI=1S/C12H21N3O3/c1-4-18-12-10(13)5-6-11(15-12)14-7-9(17-3)8-16-2/h5-6,9H,4,7-8,13H2,1-3H3,(H,14,15). The number of hydrogen-bond acceptors (Lipinski definition) is 6. The number of anilines is 2. The molecule has 1 aromatic rings. The Kier molecular flexibility index (Phi) is 6.24. The summed E-state index contributed by atoms with van der Waals surface area (Å²) in [6.45, 7) is 3.55. The zero-order valence-electron chi connectivity index (χ0n) is 11.1. The van der Waals surface area contributed by atoms with Crippen molar-refractivity contribution < 1.29 is 14.2 Å². The van der Waals surface area contributed by atoms with E-state index in [-0.39, 0.29) is 6.10 Å². The minimum atomic E-state index is -0.0232. The molecule has 0 aliphatic rings.